The molecule has 0 saturated carbocycles. The molecule has 0 aliphatic rings. The molecule has 162 valence electrons. The highest BCUT2D eigenvalue weighted by Gasteiger charge is 2.46. The van der Waals surface area contributed by atoms with E-state index in [4.69, 9.17) is 16.6 Å². The zero-order valence-corrected chi connectivity index (χ0v) is 17.4. The third-order valence-electron chi connectivity index (χ3n) is 5.39. The molecule has 6 N–H and O–H groups in total. The second-order valence-corrected chi connectivity index (χ2v) is 7.49. The smallest absolute Gasteiger partial charge is 0.245 e. The number of rotatable bonds is 14. The van der Waals surface area contributed by atoms with Crippen LogP contribution in [0.2, 0.25) is 0 Å². The van der Waals surface area contributed by atoms with Crippen molar-refractivity contribution in [3.8, 4) is 0 Å². The number of carbonyl (C=O) groups excluding carboxylic acids is 2. The molecule has 0 bridgehead atoms. The van der Waals surface area contributed by atoms with Gasteiger partial charge in [0, 0.05) is 6.61 Å². The second kappa shape index (κ2) is 12.2. The van der Waals surface area contributed by atoms with E-state index in [-0.39, 0.29) is 18.8 Å². The van der Waals surface area contributed by atoms with Crippen molar-refractivity contribution in [3.63, 3.8) is 0 Å². The van der Waals surface area contributed by atoms with Crippen molar-refractivity contribution in [3.05, 3.63) is 71.8 Å². The van der Waals surface area contributed by atoms with Crippen LogP contribution in [0.15, 0.2) is 60.7 Å². The average molecular weight is 412 g/mol. The lowest BCUT2D eigenvalue weighted by Gasteiger charge is -2.34. The summed E-state index contributed by atoms with van der Waals surface area (Å²) in [6.07, 6.45) is 2.94. The van der Waals surface area contributed by atoms with E-state index >= 15 is 0 Å². The Hall–Kier alpha value is -2.54. The zero-order chi connectivity index (χ0) is 21.8. The van der Waals surface area contributed by atoms with Gasteiger partial charge in [-0.1, -0.05) is 60.7 Å². The van der Waals surface area contributed by atoms with Gasteiger partial charge in [0.1, 0.15) is 0 Å². The Balaban J connectivity index is 2.43. The molecule has 2 aromatic carbocycles. The first-order chi connectivity index (χ1) is 14.6. The van der Waals surface area contributed by atoms with E-state index in [1.165, 1.54) is 0 Å². The average Bonchev–Trinajstić information content (AvgIpc) is 2.77. The molecule has 0 saturated heterocycles. The van der Waals surface area contributed by atoms with Crippen LogP contribution in [0.5, 0.6) is 0 Å². The van der Waals surface area contributed by atoms with Crippen LogP contribution >= 0.6 is 0 Å². The number of nitrogens with two attached hydrogens (primary N) is 2. The lowest BCUT2D eigenvalue weighted by Crippen LogP contribution is -2.62. The third kappa shape index (κ3) is 5.98. The van der Waals surface area contributed by atoms with Gasteiger partial charge in [-0.05, 0) is 56.3 Å². The van der Waals surface area contributed by atoms with Gasteiger partial charge in [0.05, 0.1) is 5.92 Å². The van der Waals surface area contributed by atoms with Crippen molar-refractivity contribution in [2.75, 3.05) is 19.7 Å². The molecular formula is C24H33N3O3. The summed E-state index contributed by atoms with van der Waals surface area (Å²) in [6, 6.07) is 18.9. The van der Waals surface area contributed by atoms with E-state index in [1.807, 2.05) is 60.7 Å². The van der Waals surface area contributed by atoms with Crippen molar-refractivity contribution >= 4 is 11.7 Å². The second-order valence-electron chi connectivity index (χ2n) is 7.49. The number of nitrogens with one attached hydrogen (secondary N) is 1. The maximum Gasteiger partial charge on any atom is 0.245 e. The summed E-state index contributed by atoms with van der Waals surface area (Å²) in [7, 11) is 0. The number of hydrogen-bond donors (Lipinski definition) is 4. The van der Waals surface area contributed by atoms with E-state index in [9.17, 15) is 9.59 Å². The van der Waals surface area contributed by atoms with Gasteiger partial charge in [-0.3, -0.25) is 14.9 Å². The zero-order valence-electron chi connectivity index (χ0n) is 17.4. The van der Waals surface area contributed by atoms with Crippen LogP contribution in [0.3, 0.4) is 0 Å². The Kier molecular flexibility index (Phi) is 9.67. The first-order valence-corrected chi connectivity index (χ1v) is 10.6. The standard InChI is InChI=1S/C24H33N3O3/c25-16-10-15-24(23(26)30,27-17-8-3-9-18-28)22(29)21(19-11-4-1-5-12-19)20-13-6-2-7-14-20/h1-2,4-7,11-14,21,27-28H,3,8-10,15-18,25H2,(H2,26,30)/t24-/m1/s1. The van der Waals surface area contributed by atoms with Crippen molar-refractivity contribution in [2.45, 2.75) is 43.6 Å². The largest absolute Gasteiger partial charge is 0.396 e. The van der Waals surface area contributed by atoms with Gasteiger partial charge in [-0.2, -0.15) is 0 Å². The highest BCUT2D eigenvalue weighted by atomic mass is 16.3. The minimum atomic E-state index is -1.51. The number of benzene rings is 2. The minimum Gasteiger partial charge on any atom is -0.396 e. The molecule has 6 heteroatoms. The normalized spacial score (nSPS) is 13.2. The van der Waals surface area contributed by atoms with Crippen LogP contribution < -0.4 is 16.8 Å². The highest BCUT2D eigenvalue weighted by Crippen LogP contribution is 2.32. The maximum absolute atomic E-state index is 14.0. The van der Waals surface area contributed by atoms with Gasteiger partial charge >= 0.3 is 0 Å². The minimum absolute atomic E-state index is 0.122. The summed E-state index contributed by atoms with van der Waals surface area (Å²) in [5.41, 5.74) is 11.7. The SMILES string of the molecule is NCCC[C@](NCCCCCO)(C(N)=O)C(=O)C(c1ccccc1)c1ccccc1. The van der Waals surface area contributed by atoms with Crippen LogP contribution in [0.25, 0.3) is 0 Å². The predicted octanol–water partition coefficient (Wildman–Crippen LogP) is 2.10. The Morgan fingerprint density at radius 3 is 1.93 bits per heavy atom. The monoisotopic (exact) mass is 411 g/mol. The topological polar surface area (TPSA) is 118 Å². The quantitative estimate of drug-likeness (QED) is 0.280. The molecule has 0 heterocycles. The maximum atomic E-state index is 14.0. The van der Waals surface area contributed by atoms with E-state index < -0.39 is 17.4 Å². The number of aliphatic hydroxyl groups excluding tert-OH is 1. The molecular weight excluding hydrogens is 378 g/mol. The van der Waals surface area contributed by atoms with E-state index in [0.717, 1.165) is 24.0 Å². The fourth-order valence-corrected chi connectivity index (χ4v) is 3.75. The summed E-state index contributed by atoms with van der Waals surface area (Å²) in [5, 5.41) is 12.2. The number of unbranched alkanes of at least 4 members (excludes halogenated alkanes) is 2. The van der Waals surface area contributed by atoms with E-state index in [2.05, 4.69) is 5.32 Å². The number of Topliss-reactive ketones (excluding diaryl/α,β-unsaturated/α-hetero) is 1. The molecule has 2 aromatic rings. The van der Waals surface area contributed by atoms with Crippen molar-refractivity contribution < 1.29 is 14.7 Å². The van der Waals surface area contributed by atoms with Gasteiger partial charge in [0.2, 0.25) is 5.91 Å². The Bertz CT molecular complexity index is 743. The molecule has 0 aliphatic carbocycles. The lowest BCUT2D eigenvalue weighted by molar-refractivity contribution is -0.136. The molecule has 0 spiro atoms. The van der Waals surface area contributed by atoms with Crippen LogP contribution in [0.1, 0.15) is 49.1 Å². The van der Waals surface area contributed by atoms with Crippen molar-refractivity contribution in [2.24, 2.45) is 11.5 Å². The summed E-state index contributed by atoms with van der Waals surface area (Å²) in [6.45, 7) is 0.933. The Morgan fingerprint density at radius 2 is 1.47 bits per heavy atom. The van der Waals surface area contributed by atoms with Crippen LogP contribution in [-0.2, 0) is 9.59 Å². The Labute approximate surface area is 178 Å². The molecule has 0 aromatic heterocycles. The van der Waals surface area contributed by atoms with Crippen molar-refractivity contribution in [1.82, 2.24) is 5.32 Å². The number of aliphatic hydroxyl groups is 1. The first-order valence-electron chi connectivity index (χ1n) is 10.6. The molecule has 1 atom stereocenters. The molecule has 0 unspecified atom stereocenters. The van der Waals surface area contributed by atoms with Gasteiger partial charge in [0.25, 0.3) is 0 Å². The highest BCUT2D eigenvalue weighted by molar-refractivity contribution is 6.13. The molecule has 6 nitrogen and oxygen atoms in total. The fraction of sp³-hybridized carbons (Fsp3) is 0.417. The summed E-state index contributed by atoms with van der Waals surface area (Å²) in [5.74, 6) is -1.56. The van der Waals surface area contributed by atoms with E-state index in [1.54, 1.807) is 0 Å². The first kappa shape index (κ1) is 23.7. The molecule has 0 aliphatic heterocycles. The Morgan fingerprint density at radius 1 is 0.900 bits per heavy atom. The summed E-state index contributed by atoms with van der Waals surface area (Å²) < 4.78 is 0. The molecule has 1 amide bonds. The van der Waals surface area contributed by atoms with Gasteiger partial charge in [0.15, 0.2) is 11.3 Å². The number of amides is 1. The number of ketones is 1. The number of primary amides is 1. The molecule has 30 heavy (non-hydrogen) atoms. The van der Waals surface area contributed by atoms with Gasteiger partial charge < -0.3 is 16.6 Å². The third-order valence-corrected chi connectivity index (χ3v) is 5.39. The number of carbonyl (C=O) groups is 2. The van der Waals surface area contributed by atoms with E-state index in [0.29, 0.717) is 25.9 Å². The van der Waals surface area contributed by atoms with Crippen molar-refractivity contribution in [1.29, 1.82) is 0 Å². The van der Waals surface area contributed by atoms with Crippen LogP contribution in [0, 0.1) is 0 Å². The summed E-state index contributed by atoms with van der Waals surface area (Å²) >= 11 is 0. The van der Waals surface area contributed by atoms with Gasteiger partial charge in [-0.15, -0.1) is 0 Å². The fourth-order valence-electron chi connectivity index (χ4n) is 3.75. The predicted molar refractivity (Wildman–Crippen MR) is 119 cm³/mol. The lowest BCUT2D eigenvalue weighted by atomic mass is 9.75. The summed E-state index contributed by atoms with van der Waals surface area (Å²) in [4.78, 5) is 26.7. The van der Waals surface area contributed by atoms with Gasteiger partial charge in [-0.25, -0.2) is 0 Å². The van der Waals surface area contributed by atoms with Crippen LogP contribution in [-0.4, -0.2) is 42.0 Å². The molecule has 0 fully saturated rings. The van der Waals surface area contributed by atoms with Crippen LogP contribution in [0.4, 0.5) is 0 Å². The number of hydrogen-bond acceptors (Lipinski definition) is 5. The molecule has 2 rings (SSSR count). The molecule has 0 radical (unpaired) electrons.